The second kappa shape index (κ2) is 6.37. The van der Waals surface area contributed by atoms with Gasteiger partial charge >= 0.3 is 5.69 Å². The fraction of sp³-hybridized carbons (Fsp3) is 0.0625. The van der Waals surface area contributed by atoms with Crippen molar-refractivity contribution in [2.75, 3.05) is 0 Å². The number of hydrogen-bond acceptors (Lipinski definition) is 5. The van der Waals surface area contributed by atoms with Crippen molar-refractivity contribution in [3.8, 4) is 5.88 Å². The minimum Gasteiger partial charge on any atom is -0.494 e. The van der Waals surface area contributed by atoms with Crippen molar-refractivity contribution in [1.82, 2.24) is 9.55 Å². The summed E-state index contributed by atoms with van der Waals surface area (Å²) in [6.07, 6.45) is 2.50. The molecule has 7 nitrogen and oxygen atoms in total. The van der Waals surface area contributed by atoms with Crippen LogP contribution in [0.5, 0.6) is 5.88 Å². The molecule has 0 aliphatic rings. The zero-order valence-electron chi connectivity index (χ0n) is 12.3. The van der Waals surface area contributed by atoms with Crippen LogP contribution in [0.15, 0.2) is 61.7 Å². The van der Waals surface area contributed by atoms with Crippen LogP contribution < -0.4 is 11.2 Å². The average Bonchev–Trinajstić information content (AvgIpc) is 3.04. The third-order valence-corrected chi connectivity index (χ3v) is 3.25. The first kappa shape index (κ1) is 15.5. The van der Waals surface area contributed by atoms with Gasteiger partial charge in [-0.1, -0.05) is 6.07 Å². The predicted molar refractivity (Wildman–Crippen MR) is 84.5 cm³/mol. The molecule has 0 aliphatic carbocycles. The number of rotatable bonds is 4. The zero-order valence-corrected chi connectivity index (χ0v) is 12.3. The number of hydrogen-bond donors (Lipinski definition) is 2. The average molecular weight is 329 g/mol. The molecule has 0 amide bonds. The van der Waals surface area contributed by atoms with Gasteiger partial charge in [-0.3, -0.25) is 19.3 Å². The van der Waals surface area contributed by atoms with E-state index in [1.807, 2.05) is 0 Å². The van der Waals surface area contributed by atoms with Crippen LogP contribution in [-0.2, 0) is 6.54 Å². The van der Waals surface area contributed by atoms with Gasteiger partial charge in [0, 0.05) is 6.21 Å². The van der Waals surface area contributed by atoms with Gasteiger partial charge in [-0.15, -0.1) is 0 Å². The Labute approximate surface area is 134 Å². The molecule has 8 heteroatoms. The molecule has 24 heavy (non-hydrogen) atoms. The molecule has 1 aromatic carbocycles. The number of aromatic amines is 1. The number of halogens is 1. The van der Waals surface area contributed by atoms with Gasteiger partial charge in [0.2, 0.25) is 5.88 Å². The molecular formula is C16H12FN3O4. The lowest BCUT2D eigenvalue weighted by Gasteiger charge is -2.07. The molecule has 0 aliphatic heterocycles. The lowest BCUT2D eigenvalue weighted by Crippen LogP contribution is -2.32. The Kier molecular flexibility index (Phi) is 4.11. The monoisotopic (exact) mass is 329 g/mol. The summed E-state index contributed by atoms with van der Waals surface area (Å²) in [5.74, 6) is -0.613. The molecule has 122 valence electrons. The molecule has 2 N–H and O–H groups in total. The molecule has 0 saturated heterocycles. The molecule has 0 saturated carbocycles. The van der Waals surface area contributed by atoms with E-state index in [-0.39, 0.29) is 17.8 Å². The van der Waals surface area contributed by atoms with Gasteiger partial charge in [0.15, 0.2) is 0 Å². The van der Waals surface area contributed by atoms with Gasteiger partial charge in [-0.05, 0) is 30.3 Å². The summed E-state index contributed by atoms with van der Waals surface area (Å²) in [5.41, 5.74) is -1.53. The maximum atomic E-state index is 13.1. The summed E-state index contributed by atoms with van der Waals surface area (Å²) in [5, 5.41) is 10.2. The minimum atomic E-state index is -0.798. The highest BCUT2D eigenvalue weighted by Gasteiger charge is 2.13. The van der Waals surface area contributed by atoms with Crippen LogP contribution in [0.3, 0.4) is 0 Å². The fourth-order valence-corrected chi connectivity index (χ4v) is 2.09. The molecule has 0 atom stereocenters. The van der Waals surface area contributed by atoms with Gasteiger partial charge in [0.1, 0.15) is 17.1 Å². The minimum absolute atomic E-state index is 0.0603. The summed E-state index contributed by atoms with van der Waals surface area (Å²) in [7, 11) is 0. The Balaban J connectivity index is 2.01. The SMILES string of the molecule is O=c1[nH]c(=O)n(Cc2ccco2)c(O)c1C=Nc1cccc(F)c1. The predicted octanol–water partition coefficient (Wildman–Crippen LogP) is 1.77. The molecule has 0 radical (unpaired) electrons. The molecule has 2 aromatic heterocycles. The summed E-state index contributed by atoms with van der Waals surface area (Å²) in [6.45, 7) is -0.0603. The lowest BCUT2D eigenvalue weighted by molar-refractivity contribution is 0.392. The highest BCUT2D eigenvalue weighted by atomic mass is 19.1. The van der Waals surface area contributed by atoms with Crippen LogP contribution in [0.25, 0.3) is 0 Å². The molecule has 2 heterocycles. The highest BCUT2D eigenvalue weighted by molar-refractivity contribution is 5.84. The van der Waals surface area contributed by atoms with E-state index in [1.54, 1.807) is 12.1 Å². The molecule has 0 spiro atoms. The Morgan fingerprint density at radius 1 is 1.29 bits per heavy atom. The molecule has 3 aromatic rings. The van der Waals surface area contributed by atoms with Crippen molar-refractivity contribution < 1.29 is 13.9 Å². The van der Waals surface area contributed by atoms with Crippen molar-refractivity contribution in [2.24, 2.45) is 4.99 Å². The van der Waals surface area contributed by atoms with Gasteiger partial charge in [-0.2, -0.15) is 0 Å². The molecule has 0 fully saturated rings. The number of nitrogens with zero attached hydrogens (tertiary/aromatic N) is 2. The Bertz CT molecular complexity index is 1000. The summed E-state index contributed by atoms with van der Waals surface area (Å²) in [4.78, 5) is 29.8. The van der Waals surface area contributed by atoms with Gasteiger partial charge < -0.3 is 9.52 Å². The van der Waals surface area contributed by atoms with Crippen LogP contribution in [-0.4, -0.2) is 20.9 Å². The van der Waals surface area contributed by atoms with Gasteiger partial charge in [-0.25, -0.2) is 9.18 Å². The number of aromatic hydroxyl groups is 1. The maximum Gasteiger partial charge on any atom is 0.331 e. The van der Waals surface area contributed by atoms with Gasteiger partial charge in [0.25, 0.3) is 5.56 Å². The molecule has 0 unspecified atom stereocenters. The first-order chi connectivity index (χ1) is 11.5. The zero-order chi connectivity index (χ0) is 17.1. The van der Waals surface area contributed by atoms with E-state index in [4.69, 9.17) is 4.42 Å². The smallest absolute Gasteiger partial charge is 0.331 e. The summed E-state index contributed by atoms with van der Waals surface area (Å²) in [6, 6.07) is 8.67. The maximum absolute atomic E-state index is 13.1. The van der Waals surface area contributed by atoms with Crippen LogP contribution in [0.1, 0.15) is 11.3 Å². The topological polar surface area (TPSA) is 101 Å². The summed E-state index contributed by atoms with van der Waals surface area (Å²) < 4.78 is 19.2. The molecule has 0 bridgehead atoms. The van der Waals surface area contributed by atoms with E-state index in [1.165, 1.54) is 30.5 Å². The Hall–Kier alpha value is -3.42. The van der Waals surface area contributed by atoms with Crippen molar-refractivity contribution in [1.29, 1.82) is 0 Å². The second-order valence-corrected chi connectivity index (χ2v) is 4.90. The second-order valence-electron chi connectivity index (χ2n) is 4.90. The van der Waals surface area contributed by atoms with E-state index in [2.05, 4.69) is 9.98 Å². The van der Waals surface area contributed by atoms with E-state index in [9.17, 15) is 19.1 Å². The number of benzene rings is 1. The normalized spacial score (nSPS) is 11.2. The Morgan fingerprint density at radius 3 is 2.83 bits per heavy atom. The molecular weight excluding hydrogens is 317 g/mol. The number of aromatic nitrogens is 2. The lowest BCUT2D eigenvalue weighted by atomic mass is 10.3. The highest BCUT2D eigenvalue weighted by Crippen LogP contribution is 2.15. The largest absolute Gasteiger partial charge is 0.494 e. The van der Waals surface area contributed by atoms with Crippen molar-refractivity contribution in [3.63, 3.8) is 0 Å². The first-order valence-corrected chi connectivity index (χ1v) is 6.92. The van der Waals surface area contributed by atoms with Crippen LogP contribution in [0.4, 0.5) is 10.1 Å². The van der Waals surface area contributed by atoms with E-state index in [0.29, 0.717) is 5.76 Å². The molecule has 3 rings (SSSR count). The number of aliphatic imine (C=N–C) groups is 1. The third-order valence-electron chi connectivity index (χ3n) is 3.25. The van der Waals surface area contributed by atoms with E-state index >= 15 is 0 Å². The fourth-order valence-electron chi connectivity index (χ4n) is 2.09. The number of H-pyrrole nitrogens is 1. The number of nitrogens with one attached hydrogen (secondary N) is 1. The third kappa shape index (κ3) is 3.17. The van der Waals surface area contributed by atoms with Crippen LogP contribution >= 0.6 is 0 Å². The quantitative estimate of drug-likeness (QED) is 0.712. The van der Waals surface area contributed by atoms with Crippen molar-refractivity contribution in [3.05, 3.63) is 80.6 Å². The van der Waals surface area contributed by atoms with Crippen molar-refractivity contribution in [2.45, 2.75) is 6.54 Å². The van der Waals surface area contributed by atoms with Crippen LogP contribution in [0, 0.1) is 5.82 Å². The van der Waals surface area contributed by atoms with Gasteiger partial charge in [0.05, 0.1) is 18.5 Å². The van der Waals surface area contributed by atoms with E-state index < -0.39 is 22.9 Å². The Morgan fingerprint density at radius 2 is 2.12 bits per heavy atom. The van der Waals surface area contributed by atoms with Crippen LogP contribution in [0.2, 0.25) is 0 Å². The van der Waals surface area contributed by atoms with Crippen molar-refractivity contribution >= 4 is 11.9 Å². The van der Waals surface area contributed by atoms with E-state index in [0.717, 1.165) is 10.8 Å². The first-order valence-electron chi connectivity index (χ1n) is 6.92. The standard InChI is InChI=1S/C16H12FN3O4/c17-10-3-1-4-11(7-10)18-8-13-14(21)19-16(23)20(15(13)22)9-12-5-2-6-24-12/h1-8,22H,9H2,(H,19,21,23). The summed E-state index contributed by atoms with van der Waals surface area (Å²) >= 11 is 0. The number of furan rings is 1.